The van der Waals surface area contributed by atoms with Crippen molar-refractivity contribution < 1.29 is 224 Å². The third kappa shape index (κ3) is 9.75. The number of alkyl halides is 48. The first-order chi connectivity index (χ1) is 32.3. The maximum absolute atomic E-state index is 14.6. The van der Waals surface area contributed by atoms with Crippen LogP contribution in [0.1, 0.15) is 0 Å². The summed E-state index contributed by atoms with van der Waals surface area (Å²) in [5, 5.41) is 0. The summed E-state index contributed by atoms with van der Waals surface area (Å²) in [5.74, 6) is -175. The number of rotatable bonds is 20. The molecule has 0 saturated carbocycles. The standard InChI is InChI=1S/C26F50O/c27-3(1(7(33,34)23(65,66)67)5(29,30)11(41,42)13(45,46)15(49,50)17(53,54)19(57,58)21(61,62)25(71,72)73)9(37,38)77-10(39,40)4(28)2(8(35,36)24(68,69)70)6(31,32)12(43,44)14(47,48)16(51,52)18(55,56)20(59,60)22(63,64)26(74,75)76. The Hall–Kier alpha value is -4.06. The molecule has 0 heterocycles. The summed E-state index contributed by atoms with van der Waals surface area (Å²) in [4.78, 5) is 0. The van der Waals surface area contributed by atoms with Gasteiger partial charge in [0.1, 0.15) is 11.1 Å². The highest BCUT2D eigenvalue weighted by atomic mass is 19.5. The minimum atomic E-state index is -10.5. The molecule has 0 aliphatic rings. The molecule has 77 heavy (non-hydrogen) atoms. The first kappa shape index (κ1) is 72.9. The summed E-state index contributed by atoms with van der Waals surface area (Å²) >= 11 is 0. The topological polar surface area (TPSA) is 9.23 Å². The molecule has 0 amide bonds. The first-order valence-corrected chi connectivity index (χ1v) is 15.9. The van der Waals surface area contributed by atoms with Crippen molar-refractivity contribution in [2.24, 2.45) is 0 Å². The first-order valence-electron chi connectivity index (χ1n) is 15.9. The van der Waals surface area contributed by atoms with Gasteiger partial charge in [-0.25, -0.2) is 13.5 Å². The van der Waals surface area contributed by atoms with E-state index < -0.39 is 154 Å². The van der Waals surface area contributed by atoms with Gasteiger partial charge in [-0.3, -0.25) is 0 Å². The normalized spacial score (nSPS) is 17.7. The van der Waals surface area contributed by atoms with E-state index in [9.17, 15) is 220 Å². The van der Waals surface area contributed by atoms with Crippen LogP contribution in [0.3, 0.4) is 0 Å². The van der Waals surface area contributed by atoms with Gasteiger partial charge in [-0.1, -0.05) is 0 Å². The molecule has 0 fully saturated rings. The van der Waals surface area contributed by atoms with Crippen LogP contribution in [0, 0.1) is 0 Å². The van der Waals surface area contributed by atoms with Crippen molar-refractivity contribution in [2.45, 2.75) is 132 Å². The summed E-state index contributed by atoms with van der Waals surface area (Å²) in [6.07, 6.45) is -54.8. The van der Waals surface area contributed by atoms with Gasteiger partial charge in [0.15, 0.2) is 0 Å². The van der Waals surface area contributed by atoms with Crippen molar-refractivity contribution >= 4 is 0 Å². The second kappa shape index (κ2) is 18.2. The molecular formula is C26F50O. The van der Waals surface area contributed by atoms with E-state index in [1.165, 1.54) is 0 Å². The van der Waals surface area contributed by atoms with Gasteiger partial charge in [-0.15, -0.1) is 0 Å². The Morgan fingerprint density at radius 2 is 0.312 bits per heavy atom. The van der Waals surface area contributed by atoms with Crippen molar-refractivity contribution in [3.63, 3.8) is 0 Å². The van der Waals surface area contributed by atoms with Crippen molar-refractivity contribution in [3.8, 4) is 0 Å². The van der Waals surface area contributed by atoms with Crippen LogP contribution < -0.4 is 0 Å². The summed E-state index contributed by atoms with van der Waals surface area (Å²) in [7, 11) is 0. The fraction of sp³-hybridized carbons (Fsp3) is 0.846. The second-order valence-electron chi connectivity index (χ2n) is 13.7. The van der Waals surface area contributed by atoms with E-state index in [0.717, 1.165) is 0 Å². The quantitative estimate of drug-likeness (QED) is 0.110. The maximum Gasteiger partial charge on any atom is 0.460 e. The zero-order valence-electron chi connectivity index (χ0n) is 32.3. The van der Waals surface area contributed by atoms with Gasteiger partial charge in [0.05, 0.1) is 0 Å². The molecule has 1 nitrogen and oxygen atoms in total. The molecule has 51 heteroatoms. The summed E-state index contributed by atoms with van der Waals surface area (Å²) < 4.78 is 682. The van der Waals surface area contributed by atoms with Crippen LogP contribution in [0.5, 0.6) is 0 Å². The lowest BCUT2D eigenvalue weighted by molar-refractivity contribution is -0.461. The number of ether oxygens (including phenoxy) is 1. The molecule has 0 aromatic heterocycles. The molecule has 0 bridgehead atoms. The number of hydrogen-bond acceptors (Lipinski definition) is 1. The highest BCUT2D eigenvalue weighted by Gasteiger charge is 2.98. The lowest BCUT2D eigenvalue weighted by Crippen LogP contribution is -2.75. The van der Waals surface area contributed by atoms with Gasteiger partial charge in [0.25, 0.3) is 0 Å². The highest BCUT2D eigenvalue weighted by molar-refractivity contribution is 5.37. The van der Waals surface area contributed by atoms with Gasteiger partial charge in [-0.05, 0) is 0 Å². The molecule has 460 valence electrons. The number of allylic oxidation sites excluding steroid dienone is 2. The van der Waals surface area contributed by atoms with Crippen LogP contribution in [-0.2, 0) is 4.74 Å². The van der Waals surface area contributed by atoms with Gasteiger partial charge < -0.3 is 0 Å². The minimum absolute atomic E-state index is 0.605. The van der Waals surface area contributed by atoms with E-state index in [1.54, 1.807) is 0 Å². The van der Waals surface area contributed by atoms with Crippen molar-refractivity contribution in [1.29, 1.82) is 0 Å². The molecule has 0 aromatic carbocycles. The average molecular weight is 1280 g/mol. The molecule has 0 aromatic rings. The molecule has 0 radical (unpaired) electrons. The van der Waals surface area contributed by atoms with Crippen molar-refractivity contribution in [3.05, 3.63) is 22.8 Å². The molecule has 0 unspecified atom stereocenters. The Morgan fingerprint density at radius 1 is 0.169 bits per heavy atom. The molecule has 0 spiro atoms. The van der Waals surface area contributed by atoms with Crippen LogP contribution in [0.4, 0.5) is 220 Å². The minimum Gasteiger partial charge on any atom is -0.243 e. The maximum atomic E-state index is 14.6. The fourth-order valence-electron chi connectivity index (χ4n) is 4.41. The Morgan fingerprint density at radius 3 is 0.455 bits per heavy atom. The summed E-state index contributed by atoms with van der Waals surface area (Å²) in [5.41, 5.74) is -15.0. The molecular weight excluding hydrogens is 1280 g/mol. The molecule has 0 atom stereocenters. The van der Waals surface area contributed by atoms with Gasteiger partial charge in [-0.2, -0.15) is 211 Å². The van der Waals surface area contributed by atoms with Gasteiger partial charge >= 0.3 is 132 Å². The van der Waals surface area contributed by atoms with Crippen molar-refractivity contribution in [1.82, 2.24) is 0 Å². The van der Waals surface area contributed by atoms with E-state index in [-0.39, 0.29) is 0 Å². The van der Waals surface area contributed by atoms with Crippen LogP contribution in [0.2, 0.25) is 0 Å². The molecule has 0 aliphatic carbocycles. The Bertz CT molecular complexity index is 2050. The Kier molecular flexibility index (Phi) is 17.3. The lowest BCUT2D eigenvalue weighted by Gasteiger charge is -2.43. The third-order valence-electron chi connectivity index (χ3n) is 8.62. The average Bonchev–Trinajstić information content (AvgIpc) is 3.14. The van der Waals surface area contributed by atoms with E-state index in [0.29, 0.717) is 4.74 Å². The fourth-order valence-corrected chi connectivity index (χ4v) is 4.41. The predicted molar refractivity (Wildman–Crippen MR) is 131 cm³/mol. The van der Waals surface area contributed by atoms with E-state index in [4.69, 9.17) is 0 Å². The molecule has 0 rings (SSSR count). The van der Waals surface area contributed by atoms with Crippen LogP contribution >= 0.6 is 0 Å². The Balaban J connectivity index is 9.10. The molecule has 0 N–H and O–H groups in total. The van der Waals surface area contributed by atoms with E-state index in [1.807, 2.05) is 0 Å². The largest absolute Gasteiger partial charge is 0.460 e. The lowest BCUT2D eigenvalue weighted by atomic mass is 9.85. The van der Waals surface area contributed by atoms with Crippen molar-refractivity contribution in [2.75, 3.05) is 0 Å². The van der Waals surface area contributed by atoms with E-state index in [2.05, 4.69) is 0 Å². The van der Waals surface area contributed by atoms with E-state index >= 15 is 0 Å². The molecule has 0 aliphatic heterocycles. The number of hydrogen-bond donors (Lipinski definition) is 0. The van der Waals surface area contributed by atoms with Crippen LogP contribution in [0.25, 0.3) is 0 Å². The predicted octanol–water partition coefficient (Wildman–Crippen LogP) is 17.0. The Labute approximate surface area is 380 Å². The summed E-state index contributed by atoms with van der Waals surface area (Å²) in [6.45, 7) is 0. The van der Waals surface area contributed by atoms with Crippen LogP contribution in [0.15, 0.2) is 22.8 Å². The smallest absolute Gasteiger partial charge is 0.243 e. The SMILES string of the molecule is FC(=C(C(F)(F)C(F)(F)F)C(F)(F)C(F)(F)C(F)(F)C(F)(F)C(F)(F)C(F)(F)C(F)(F)C(F)(F)F)C(F)(F)OC(F)(F)C(F)=C(C(F)(F)C(F)(F)F)C(F)(F)C(F)(F)C(F)(F)C(F)(F)C(F)(F)C(F)(F)C(F)(F)C(F)(F)F. The zero-order valence-corrected chi connectivity index (χ0v) is 32.3. The zero-order chi connectivity index (χ0) is 64.0. The van der Waals surface area contributed by atoms with Crippen LogP contribution in [-0.4, -0.2) is 132 Å². The highest BCUT2D eigenvalue weighted by Crippen LogP contribution is 2.69. The van der Waals surface area contributed by atoms with Gasteiger partial charge in [0.2, 0.25) is 11.7 Å². The van der Waals surface area contributed by atoms with Gasteiger partial charge in [0, 0.05) is 0 Å². The second-order valence-corrected chi connectivity index (χ2v) is 13.7. The monoisotopic (exact) mass is 1280 g/mol. The number of halogens is 50. The molecule has 0 saturated heterocycles. The third-order valence-corrected chi connectivity index (χ3v) is 8.62. The summed E-state index contributed by atoms with van der Waals surface area (Å²) in [6, 6.07) is 0.